The first kappa shape index (κ1) is 19.8. The summed E-state index contributed by atoms with van der Waals surface area (Å²) in [6, 6.07) is 5.57. The highest BCUT2D eigenvalue weighted by Gasteiger charge is 2.25. The van der Waals surface area contributed by atoms with Crippen molar-refractivity contribution in [1.29, 1.82) is 0 Å². The quantitative estimate of drug-likeness (QED) is 0.263. The van der Waals surface area contributed by atoms with Crippen LogP contribution in [0.2, 0.25) is 0 Å². The van der Waals surface area contributed by atoms with Gasteiger partial charge in [0.25, 0.3) is 0 Å². The molecule has 3 rings (SSSR count). The Morgan fingerprint density at radius 3 is 2.29 bits per heavy atom. The molecule has 0 aliphatic carbocycles. The van der Waals surface area contributed by atoms with E-state index < -0.39 is 40.1 Å². The van der Waals surface area contributed by atoms with Crippen LogP contribution < -0.4 is 4.74 Å². The van der Waals surface area contributed by atoms with Crippen LogP contribution in [0.3, 0.4) is 0 Å². The molecule has 0 unspecified atom stereocenters. The topological polar surface area (TPSA) is 77.2 Å². The number of ether oxygens (including phenoxy) is 1. The summed E-state index contributed by atoms with van der Waals surface area (Å²) in [5, 5.41) is 16.6. The SMILES string of the molecule is O=C(Cn1cc(COc2c(F)c(F)c(Br)c(F)c2F)nn1)c1ccc(O)cc1. The number of nitrogens with zero attached hydrogens (tertiary/aromatic N) is 3. The van der Waals surface area contributed by atoms with Crippen LogP contribution in [0.15, 0.2) is 34.9 Å². The van der Waals surface area contributed by atoms with Crippen LogP contribution in [0.1, 0.15) is 16.1 Å². The largest absolute Gasteiger partial charge is 0.508 e. The van der Waals surface area contributed by atoms with Crippen LogP contribution in [0.5, 0.6) is 11.5 Å². The van der Waals surface area contributed by atoms with Crippen molar-refractivity contribution in [3.63, 3.8) is 0 Å². The minimum atomic E-state index is -1.69. The molecule has 0 aliphatic heterocycles. The van der Waals surface area contributed by atoms with Crippen LogP contribution in [0, 0.1) is 23.3 Å². The fourth-order valence-corrected chi connectivity index (χ4v) is 2.57. The predicted molar refractivity (Wildman–Crippen MR) is 90.8 cm³/mol. The van der Waals surface area contributed by atoms with Gasteiger partial charge in [-0.25, -0.2) is 13.5 Å². The van der Waals surface area contributed by atoms with Crippen molar-refractivity contribution < 1.29 is 32.2 Å². The molecule has 1 aromatic heterocycles. The number of aromatic hydroxyl groups is 1. The lowest BCUT2D eigenvalue weighted by atomic mass is 10.1. The van der Waals surface area contributed by atoms with Crippen molar-refractivity contribution in [2.45, 2.75) is 13.2 Å². The summed E-state index contributed by atoms with van der Waals surface area (Å²) in [7, 11) is 0. The van der Waals surface area contributed by atoms with Crippen LogP contribution >= 0.6 is 15.9 Å². The van der Waals surface area contributed by atoms with Gasteiger partial charge in [-0.05, 0) is 40.2 Å². The van der Waals surface area contributed by atoms with Crippen molar-refractivity contribution >= 4 is 21.7 Å². The Morgan fingerprint density at radius 1 is 1.07 bits per heavy atom. The molecule has 1 heterocycles. The van der Waals surface area contributed by atoms with E-state index >= 15 is 0 Å². The van der Waals surface area contributed by atoms with E-state index in [9.17, 15) is 27.5 Å². The van der Waals surface area contributed by atoms with Crippen LogP contribution in [0.25, 0.3) is 0 Å². The molecule has 0 saturated carbocycles. The number of phenolic OH excluding ortho intramolecular Hbond substituents is 1. The molecule has 146 valence electrons. The average Bonchev–Trinajstić information content (AvgIpc) is 3.12. The van der Waals surface area contributed by atoms with E-state index in [0.717, 1.165) is 4.68 Å². The fourth-order valence-electron chi connectivity index (χ4n) is 2.23. The van der Waals surface area contributed by atoms with Crippen molar-refractivity contribution in [2.75, 3.05) is 0 Å². The molecule has 0 amide bonds. The van der Waals surface area contributed by atoms with Crippen molar-refractivity contribution in [3.8, 4) is 11.5 Å². The summed E-state index contributed by atoms with van der Waals surface area (Å²) in [5.41, 5.74) is 0.400. The number of carbonyl (C=O) groups excluding carboxylic acids is 1. The number of halogens is 5. The summed E-state index contributed by atoms with van der Waals surface area (Å²) in [6.07, 6.45) is 1.28. The van der Waals surface area contributed by atoms with Crippen molar-refractivity contribution in [2.24, 2.45) is 0 Å². The lowest BCUT2D eigenvalue weighted by Crippen LogP contribution is -2.11. The van der Waals surface area contributed by atoms with E-state index in [2.05, 4.69) is 26.2 Å². The van der Waals surface area contributed by atoms with E-state index in [1.165, 1.54) is 30.5 Å². The summed E-state index contributed by atoms with van der Waals surface area (Å²) in [5.74, 6) is -8.19. The van der Waals surface area contributed by atoms with E-state index in [0.29, 0.717) is 5.56 Å². The Kier molecular flexibility index (Phi) is 5.63. The minimum Gasteiger partial charge on any atom is -0.508 e. The number of hydrogen-bond acceptors (Lipinski definition) is 5. The van der Waals surface area contributed by atoms with Gasteiger partial charge in [0, 0.05) is 5.56 Å². The Hall–Kier alpha value is -2.95. The van der Waals surface area contributed by atoms with E-state index in [1.54, 1.807) is 0 Å². The van der Waals surface area contributed by atoms with Gasteiger partial charge in [0.2, 0.25) is 11.6 Å². The monoisotopic (exact) mass is 459 g/mol. The first-order chi connectivity index (χ1) is 13.3. The molecule has 0 atom stereocenters. The second-order valence-electron chi connectivity index (χ2n) is 5.57. The standard InChI is InChI=1S/C17H10BrF4N3O3/c18-12-13(19)15(21)17(16(22)14(12)20)28-7-9-5-25(24-23-9)6-11(27)8-1-3-10(26)4-2-8/h1-5,26H,6-7H2. The summed E-state index contributed by atoms with van der Waals surface area (Å²) in [4.78, 5) is 12.1. The maximum absolute atomic E-state index is 13.8. The number of aromatic nitrogens is 3. The zero-order chi connectivity index (χ0) is 20.4. The third kappa shape index (κ3) is 3.98. The summed E-state index contributed by atoms with van der Waals surface area (Å²) in [6.45, 7) is -0.732. The van der Waals surface area contributed by atoms with E-state index in [-0.39, 0.29) is 23.8 Å². The van der Waals surface area contributed by atoms with Crippen LogP contribution in [0.4, 0.5) is 17.6 Å². The predicted octanol–water partition coefficient (Wildman–Crippen LogP) is 3.76. The first-order valence-corrected chi connectivity index (χ1v) is 8.42. The Labute approximate surface area is 163 Å². The Morgan fingerprint density at radius 2 is 1.68 bits per heavy atom. The minimum absolute atomic E-state index is 0.0111. The smallest absolute Gasteiger partial charge is 0.205 e. The molecule has 0 saturated heterocycles. The van der Waals surface area contributed by atoms with Gasteiger partial charge in [0.1, 0.15) is 24.6 Å². The highest BCUT2D eigenvalue weighted by atomic mass is 79.9. The van der Waals surface area contributed by atoms with E-state index in [1.807, 2.05) is 0 Å². The number of hydrogen-bond donors (Lipinski definition) is 1. The molecule has 0 radical (unpaired) electrons. The van der Waals surface area contributed by atoms with Crippen molar-refractivity contribution in [1.82, 2.24) is 15.0 Å². The normalized spacial score (nSPS) is 10.9. The Balaban J connectivity index is 1.69. The molecule has 0 spiro atoms. The highest BCUT2D eigenvalue weighted by molar-refractivity contribution is 9.10. The maximum atomic E-state index is 13.8. The maximum Gasteiger partial charge on any atom is 0.205 e. The summed E-state index contributed by atoms with van der Waals surface area (Å²) < 4.78 is 59.5. The van der Waals surface area contributed by atoms with Gasteiger partial charge in [-0.15, -0.1) is 5.10 Å². The number of benzene rings is 2. The van der Waals surface area contributed by atoms with Gasteiger partial charge >= 0.3 is 0 Å². The number of phenols is 1. The lowest BCUT2D eigenvalue weighted by Gasteiger charge is -2.09. The van der Waals surface area contributed by atoms with Crippen LogP contribution in [-0.2, 0) is 13.2 Å². The Bertz CT molecular complexity index is 1010. The molecule has 0 fully saturated rings. The van der Waals surface area contributed by atoms with E-state index in [4.69, 9.17) is 4.74 Å². The molecule has 2 aromatic carbocycles. The van der Waals surface area contributed by atoms with Crippen LogP contribution in [-0.4, -0.2) is 25.9 Å². The molecule has 6 nitrogen and oxygen atoms in total. The fraction of sp³-hybridized carbons (Fsp3) is 0.118. The molecular weight excluding hydrogens is 450 g/mol. The molecule has 28 heavy (non-hydrogen) atoms. The molecular formula is C17H10BrF4N3O3. The lowest BCUT2D eigenvalue weighted by molar-refractivity contribution is 0.0967. The van der Waals surface area contributed by atoms with Gasteiger partial charge < -0.3 is 9.84 Å². The van der Waals surface area contributed by atoms with Gasteiger partial charge in [0.05, 0.1) is 10.7 Å². The molecule has 0 bridgehead atoms. The van der Waals surface area contributed by atoms with Gasteiger partial charge in [-0.2, -0.15) is 8.78 Å². The second kappa shape index (κ2) is 7.97. The van der Waals surface area contributed by atoms with Gasteiger partial charge in [-0.1, -0.05) is 5.21 Å². The molecule has 11 heteroatoms. The van der Waals surface area contributed by atoms with Gasteiger partial charge in [-0.3, -0.25) is 4.79 Å². The molecule has 3 aromatic rings. The molecule has 1 N–H and O–H groups in total. The zero-order valence-corrected chi connectivity index (χ0v) is 15.4. The van der Waals surface area contributed by atoms with Crippen molar-refractivity contribution in [3.05, 3.63) is 69.5 Å². The molecule has 0 aliphatic rings. The average molecular weight is 460 g/mol. The third-order valence-corrected chi connectivity index (χ3v) is 4.31. The number of carbonyl (C=O) groups is 1. The highest BCUT2D eigenvalue weighted by Crippen LogP contribution is 2.33. The second-order valence-corrected chi connectivity index (χ2v) is 6.36. The zero-order valence-electron chi connectivity index (χ0n) is 13.8. The summed E-state index contributed by atoms with van der Waals surface area (Å²) >= 11 is 2.40. The third-order valence-electron chi connectivity index (χ3n) is 3.61. The number of rotatable bonds is 6. The first-order valence-electron chi connectivity index (χ1n) is 7.63. The number of ketones is 1. The number of Topliss-reactive ketones (excluding diaryl/α,β-unsaturated/α-hetero) is 1. The van der Waals surface area contributed by atoms with Gasteiger partial charge in [0.15, 0.2) is 23.2 Å².